The minimum Gasteiger partial charge on any atom is -0.447 e. The fourth-order valence-electron chi connectivity index (χ4n) is 0.0833. The molecule has 0 fully saturated rings. The monoisotopic (exact) mass is 77.1 g/mol. The Morgan fingerprint density at radius 3 is 2.33 bits per heavy atom. The second kappa shape index (κ2) is 8.88. The second-order valence-corrected chi connectivity index (χ2v) is 0.551. The Hall–Kier alpha value is -0.0426. The summed E-state index contributed by atoms with van der Waals surface area (Å²) in [4.78, 5) is 0. The molecular weight excluding hydrogens is 71.0 g/mol. The third-order valence-corrected chi connectivity index (χ3v) is 0.228. The molecule has 0 saturated heterocycles. The molecule has 0 bridgehead atoms. The first-order valence-corrected chi connectivity index (χ1v) is 1.49. The Kier molecular flexibility index (Phi) is 13.8. The quantitative estimate of drug-likeness (QED) is 0.321. The summed E-state index contributed by atoms with van der Waals surface area (Å²) in [6.07, 6.45) is 6.68. The summed E-state index contributed by atoms with van der Waals surface area (Å²) >= 11 is 0. The second-order valence-electron chi connectivity index (χ2n) is 0.551. The van der Waals surface area contributed by atoms with Gasteiger partial charge in [-0.25, -0.2) is 0 Å². The first-order chi connectivity index (χ1) is 2.41. The van der Waals surface area contributed by atoms with Crippen LogP contribution in [-0.4, -0.2) is 25.5 Å². The summed E-state index contributed by atoms with van der Waals surface area (Å²) in [5.74, 6) is 0. The van der Waals surface area contributed by atoms with Gasteiger partial charge in [-0.2, -0.15) is 0 Å². The topological polar surface area (TPSA) is 9.23 Å². The van der Waals surface area contributed by atoms with Gasteiger partial charge in [-0.3, -0.25) is 0 Å². The maximum Gasteiger partial charge on any atom is 0.106 e. The molecule has 2 heteroatoms. The molecule has 0 N–H and O–H groups in total. The van der Waals surface area contributed by atoms with E-state index >= 15 is 0 Å². The van der Waals surface area contributed by atoms with Gasteiger partial charge in [0, 0.05) is 18.9 Å². The molecule has 6 heavy (non-hydrogen) atoms. The van der Waals surface area contributed by atoms with E-state index in [1.165, 1.54) is 0 Å². The van der Waals surface area contributed by atoms with Gasteiger partial charge in [-0.05, 0) is 6.92 Å². The molecule has 0 aliphatic carbocycles. The molecule has 1 nitrogen and oxygen atoms in total. The van der Waals surface area contributed by atoms with Gasteiger partial charge in [-0.15, -0.1) is 0 Å². The number of rotatable bonds is 1. The normalized spacial score (nSPS) is 4.67. The molecule has 0 heterocycles. The van der Waals surface area contributed by atoms with Crippen LogP contribution >= 0.6 is 0 Å². The molecule has 0 rings (SSSR count). The zero-order valence-corrected chi connectivity index (χ0v) is 4.19. The van der Waals surface area contributed by atoms with Gasteiger partial charge in [0.05, 0.1) is 6.61 Å². The van der Waals surface area contributed by atoms with E-state index < -0.39 is 0 Å². The summed E-state index contributed by atoms with van der Waals surface area (Å²) in [5, 5.41) is 0. The Bertz CT molecular complexity index is 46.0. The maximum atomic E-state index is 4.67. The van der Waals surface area contributed by atoms with Crippen LogP contribution in [0.5, 0.6) is 0 Å². The molecular formula is C4H6LiO. The van der Waals surface area contributed by atoms with E-state index in [-0.39, 0.29) is 18.9 Å². The van der Waals surface area contributed by atoms with Crippen molar-refractivity contribution in [1.82, 2.24) is 0 Å². The van der Waals surface area contributed by atoms with E-state index in [1.54, 1.807) is 0 Å². The van der Waals surface area contributed by atoms with Crippen molar-refractivity contribution in [2.45, 2.75) is 6.92 Å². The van der Waals surface area contributed by atoms with Crippen molar-refractivity contribution in [3.63, 3.8) is 0 Å². The van der Waals surface area contributed by atoms with E-state index in [4.69, 9.17) is 0 Å². The fraction of sp³-hybridized carbons (Fsp3) is 0.500. The van der Waals surface area contributed by atoms with Crippen LogP contribution in [0, 0.1) is 12.5 Å². The van der Waals surface area contributed by atoms with Crippen LogP contribution in [0.25, 0.3) is 0 Å². The molecule has 0 aromatic rings. The van der Waals surface area contributed by atoms with E-state index in [0.29, 0.717) is 6.61 Å². The van der Waals surface area contributed by atoms with Crippen LogP contribution in [-0.2, 0) is 4.74 Å². The Morgan fingerprint density at radius 1 is 1.83 bits per heavy atom. The van der Waals surface area contributed by atoms with Crippen molar-refractivity contribution >= 4 is 18.9 Å². The molecule has 0 aromatic carbocycles. The Balaban J connectivity index is 0. The summed E-state index contributed by atoms with van der Waals surface area (Å²) < 4.78 is 4.36. The molecule has 0 saturated carbocycles. The Labute approximate surface area is 50.2 Å². The average Bonchev–Trinajstić information content (AvgIpc) is 1.41. The molecule has 0 aliphatic heterocycles. The van der Waals surface area contributed by atoms with Gasteiger partial charge >= 0.3 is 0 Å². The van der Waals surface area contributed by atoms with Gasteiger partial charge < -0.3 is 4.74 Å². The molecule has 0 atom stereocenters. The number of hydrogen-bond acceptors (Lipinski definition) is 1. The molecule has 0 amide bonds. The van der Waals surface area contributed by atoms with Crippen LogP contribution in [0.15, 0.2) is 0 Å². The van der Waals surface area contributed by atoms with Crippen molar-refractivity contribution in [3.8, 4) is 12.5 Å². The van der Waals surface area contributed by atoms with Crippen LogP contribution in [0.4, 0.5) is 0 Å². The van der Waals surface area contributed by atoms with E-state index in [2.05, 4.69) is 11.2 Å². The van der Waals surface area contributed by atoms with Crippen molar-refractivity contribution in [2.24, 2.45) is 0 Å². The van der Waals surface area contributed by atoms with Crippen molar-refractivity contribution in [1.29, 1.82) is 0 Å². The first kappa shape index (κ1) is 9.35. The van der Waals surface area contributed by atoms with Crippen LogP contribution in [0.1, 0.15) is 6.92 Å². The molecule has 0 aliphatic rings. The average molecular weight is 77.0 g/mol. The zero-order chi connectivity index (χ0) is 4.12. The van der Waals surface area contributed by atoms with Gasteiger partial charge in [0.25, 0.3) is 0 Å². The predicted molar refractivity (Wildman–Crippen MR) is 26.2 cm³/mol. The standard InChI is InChI=1S/C4H6O.Li/c1-3-5-4-2;/h1H,4H2,2H3;. The molecule has 29 valence electrons. The summed E-state index contributed by atoms with van der Waals surface area (Å²) in [6.45, 7) is 2.45. The van der Waals surface area contributed by atoms with Gasteiger partial charge in [0.2, 0.25) is 0 Å². The van der Waals surface area contributed by atoms with Crippen molar-refractivity contribution < 1.29 is 4.74 Å². The summed E-state index contributed by atoms with van der Waals surface area (Å²) in [5.41, 5.74) is 0. The maximum absolute atomic E-state index is 4.67. The molecule has 1 radical (unpaired) electrons. The minimum absolute atomic E-state index is 0. The smallest absolute Gasteiger partial charge is 0.106 e. The van der Waals surface area contributed by atoms with Crippen LogP contribution in [0.3, 0.4) is 0 Å². The zero-order valence-electron chi connectivity index (χ0n) is 4.19. The number of terminal acetylenes is 1. The van der Waals surface area contributed by atoms with Crippen LogP contribution in [0.2, 0.25) is 0 Å². The third-order valence-electron chi connectivity index (χ3n) is 0.228. The predicted octanol–water partition coefficient (Wildman–Crippen LogP) is 0.233. The minimum atomic E-state index is 0. The SMILES string of the molecule is C#COCC.[Li]. The van der Waals surface area contributed by atoms with E-state index in [0.717, 1.165) is 0 Å². The third kappa shape index (κ3) is 9.03. The van der Waals surface area contributed by atoms with Gasteiger partial charge in [-0.1, -0.05) is 6.42 Å². The first-order valence-electron chi connectivity index (χ1n) is 1.49. The van der Waals surface area contributed by atoms with Crippen molar-refractivity contribution in [3.05, 3.63) is 0 Å². The fourth-order valence-corrected chi connectivity index (χ4v) is 0.0833. The number of hydrogen-bond donors (Lipinski definition) is 0. The van der Waals surface area contributed by atoms with Crippen LogP contribution < -0.4 is 0 Å². The van der Waals surface area contributed by atoms with Crippen molar-refractivity contribution in [2.75, 3.05) is 6.61 Å². The van der Waals surface area contributed by atoms with Gasteiger partial charge in [0.1, 0.15) is 6.11 Å². The Morgan fingerprint density at radius 2 is 2.33 bits per heavy atom. The van der Waals surface area contributed by atoms with E-state index in [1.807, 2.05) is 13.0 Å². The van der Waals surface area contributed by atoms with E-state index in [9.17, 15) is 0 Å². The largest absolute Gasteiger partial charge is 0.447 e. The number of ether oxygens (including phenoxy) is 1. The molecule has 0 aromatic heterocycles. The summed E-state index contributed by atoms with van der Waals surface area (Å²) in [7, 11) is 0. The molecule has 0 unspecified atom stereocenters. The molecule has 0 spiro atoms. The summed E-state index contributed by atoms with van der Waals surface area (Å²) in [6, 6.07) is 0. The van der Waals surface area contributed by atoms with Gasteiger partial charge in [0.15, 0.2) is 0 Å².